The summed E-state index contributed by atoms with van der Waals surface area (Å²) in [5.74, 6) is 2.30. The average molecular weight is 516 g/mol. The highest BCUT2D eigenvalue weighted by molar-refractivity contribution is 14.0. The van der Waals surface area contributed by atoms with Crippen molar-refractivity contribution in [1.29, 1.82) is 0 Å². The fourth-order valence-electron chi connectivity index (χ4n) is 3.88. The van der Waals surface area contributed by atoms with Crippen LogP contribution in [0.2, 0.25) is 0 Å². The fraction of sp³-hybridized carbons (Fsp3) is 0.727. The molecule has 3 rings (SSSR count). The van der Waals surface area contributed by atoms with E-state index >= 15 is 0 Å². The molecule has 2 aliphatic rings. The predicted octanol–water partition coefficient (Wildman–Crippen LogP) is 4.14. The zero-order valence-electron chi connectivity index (χ0n) is 17.9. The highest BCUT2D eigenvalue weighted by Crippen LogP contribution is 2.40. The van der Waals surface area contributed by atoms with Gasteiger partial charge in [-0.2, -0.15) is 0 Å². The van der Waals surface area contributed by atoms with Crippen LogP contribution in [0.15, 0.2) is 23.3 Å². The maximum absolute atomic E-state index is 5.78. The third-order valence-electron chi connectivity index (χ3n) is 5.92. The monoisotopic (exact) mass is 516 g/mol. The van der Waals surface area contributed by atoms with Crippen molar-refractivity contribution in [3.05, 3.63) is 23.9 Å². The number of aromatic nitrogens is 1. The highest BCUT2D eigenvalue weighted by Gasteiger charge is 2.33. The molecule has 1 aromatic heterocycles. The van der Waals surface area contributed by atoms with E-state index in [1.807, 2.05) is 25.4 Å². The smallest absolute Gasteiger partial charge is 0.213 e. The second-order valence-corrected chi connectivity index (χ2v) is 8.19. The summed E-state index contributed by atoms with van der Waals surface area (Å²) in [6.07, 6.45) is 10.7. The summed E-state index contributed by atoms with van der Waals surface area (Å²) in [4.78, 5) is 8.71. The summed E-state index contributed by atoms with van der Waals surface area (Å²) < 4.78 is 11.4. The summed E-state index contributed by atoms with van der Waals surface area (Å²) >= 11 is 0. The van der Waals surface area contributed by atoms with E-state index in [1.54, 1.807) is 0 Å². The first-order valence-electron chi connectivity index (χ1n) is 10.8. The Hall–Kier alpha value is -1.09. The van der Waals surface area contributed by atoms with Gasteiger partial charge in [0.1, 0.15) is 0 Å². The molecule has 29 heavy (non-hydrogen) atoms. The molecule has 0 radical (unpaired) electrons. The standard InChI is InChI=1S/C22H36N4O2.HI/c1-3-27-13-11-22(9-4-5-10-22)17-26-21(23-2)25-15-19-8-12-24-20(14-19)28-16-18-6-7-18;/h8,12,14,18H,3-7,9-11,13,15-17H2,1-2H3,(H2,23,25,26);1H. The number of hydrogen-bond donors (Lipinski definition) is 2. The van der Waals surface area contributed by atoms with Gasteiger partial charge in [0.2, 0.25) is 5.88 Å². The minimum atomic E-state index is 0. The van der Waals surface area contributed by atoms with Gasteiger partial charge in [-0.05, 0) is 62.0 Å². The van der Waals surface area contributed by atoms with Gasteiger partial charge < -0.3 is 20.1 Å². The molecule has 1 heterocycles. The molecule has 0 spiro atoms. The molecule has 0 aliphatic heterocycles. The number of nitrogens with one attached hydrogen (secondary N) is 2. The van der Waals surface area contributed by atoms with Gasteiger partial charge in [-0.25, -0.2) is 4.98 Å². The Morgan fingerprint density at radius 1 is 1.28 bits per heavy atom. The zero-order valence-corrected chi connectivity index (χ0v) is 20.2. The molecule has 0 aromatic carbocycles. The lowest BCUT2D eigenvalue weighted by Crippen LogP contribution is -2.43. The quantitative estimate of drug-likeness (QED) is 0.200. The van der Waals surface area contributed by atoms with Crippen molar-refractivity contribution >= 4 is 29.9 Å². The molecular weight excluding hydrogens is 479 g/mol. The fourth-order valence-corrected chi connectivity index (χ4v) is 3.88. The van der Waals surface area contributed by atoms with Crippen molar-refractivity contribution in [1.82, 2.24) is 15.6 Å². The molecule has 1 aromatic rings. The van der Waals surface area contributed by atoms with Crippen LogP contribution in [0.25, 0.3) is 0 Å². The van der Waals surface area contributed by atoms with E-state index in [2.05, 4.69) is 27.5 Å². The van der Waals surface area contributed by atoms with E-state index in [0.29, 0.717) is 12.0 Å². The van der Waals surface area contributed by atoms with Crippen LogP contribution in [0.3, 0.4) is 0 Å². The molecule has 0 atom stereocenters. The highest BCUT2D eigenvalue weighted by atomic mass is 127. The Kier molecular flexibility index (Phi) is 10.5. The normalized spacial score (nSPS) is 18.2. The van der Waals surface area contributed by atoms with Crippen LogP contribution in [0.1, 0.15) is 57.4 Å². The molecule has 2 saturated carbocycles. The second kappa shape index (κ2) is 12.6. The molecule has 2 fully saturated rings. The minimum absolute atomic E-state index is 0. The Balaban J connectivity index is 0.00000300. The maximum Gasteiger partial charge on any atom is 0.213 e. The van der Waals surface area contributed by atoms with E-state index in [0.717, 1.165) is 56.1 Å². The number of aliphatic imine (C=N–C) groups is 1. The molecule has 0 amide bonds. The van der Waals surface area contributed by atoms with Gasteiger partial charge in [0.25, 0.3) is 0 Å². The second-order valence-electron chi connectivity index (χ2n) is 8.19. The van der Waals surface area contributed by atoms with E-state index in [-0.39, 0.29) is 24.0 Å². The first-order chi connectivity index (χ1) is 13.7. The van der Waals surface area contributed by atoms with Crippen LogP contribution < -0.4 is 15.4 Å². The van der Waals surface area contributed by atoms with Crippen LogP contribution in [-0.2, 0) is 11.3 Å². The zero-order chi connectivity index (χ0) is 19.7. The lowest BCUT2D eigenvalue weighted by atomic mass is 9.83. The van der Waals surface area contributed by atoms with Crippen molar-refractivity contribution < 1.29 is 9.47 Å². The molecule has 7 heteroatoms. The summed E-state index contributed by atoms with van der Waals surface area (Å²) in [5.41, 5.74) is 1.49. The molecule has 0 unspecified atom stereocenters. The molecule has 0 saturated heterocycles. The SMILES string of the molecule is CCOCCC1(CNC(=NC)NCc2ccnc(OCC3CC3)c2)CCCC1.I. The Bertz CT molecular complexity index is 631. The molecular formula is C22H37IN4O2. The van der Waals surface area contributed by atoms with Gasteiger partial charge in [-0.15, -0.1) is 24.0 Å². The van der Waals surface area contributed by atoms with Crippen molar-refractivity contribution in [3.8, 4) is 5.88 Å². The number of hydrogen-bond acceptors (Lipinski definition) is 4. The van der Waals surface area contributed by atoms with Gasteiger partial charge in [0, 0.05) is 45.6 Å². The van der Waals surface area contributed by atoms with Crippen LogP contribution in [-0.4, -0.2) is 44.4 Å². The molecule has 0 bridgehead atoms. The van der Waals surface area contributed by atoms with Crippen molar-refractivity contribution in [2.75, 3.05) is 33.4 Å². The average Bonchev–Trinajstić information content (AvgIpc) is 3.44. The lowest BCUT2D eigenvalue weighted by Gasteiger charge is -2.30. The third kappa shape index (κ3) is 8.28. The van der Waals surface area contributed by atoms with Crippen molar-refractivity contribution in [2.24, 2.45) is 16.3 Å². The molecule has 2 aliphatic carbocycles. The van der Waals surface area contributed by atoms with Crippen LogP contribution in [0.4, 0.5) is 0 Å². The van der Waals surface area contributed by atoms with Gasteiger partial charge >= 0.3 is 0 Å². The van der Waals surface area contributed by atoms with Crippen molar-refractivity contribution in [2.45, 2.75) is 58.4 Å². The number of pyridine rings is 1. The van der Waals surface area contributed by atoms with E-state index in [9.17, 15) is 0 Å². The Morgan fingerprint density at radius 3 is 2.76 bits per heavy atom. The lowest BCUT2D eigenvalue weighted by molar-refractivity contribution is 0.105. The minimum Gasteiger partial charge on any atom is -0.477 e. The summed E-state index contributed by atoms with van der Waals surface area (Å²) in [6, 6.07) is 4.04. The van der Waals surface area contributed by atoms with E-state index in [1.165, 1.54) is 38.5 Å². The van der Waals surface area contributed by atoms with E-state index in [4.69, 9.17) is 9.47 Å². The van der Waals surface area contributed by atoms with Gasteiger partial charge in [0.15, 0.2) is 5.96 Å². The number of guanidine groups is 1. The summed E-state index contributed by atoms with van der Waals surface area (Å²) in [5, 5.41) is 6.97. The van der Waals surface area contributed by atoms with E-state index < -0.39 is 0 Å². The molecule has 6 nitrogen and oxygen atoms in total. The molecule has 164 valence electrons. The third-order valence-corrected chi connectivity index (χ3v) is 5.92. The van der Waals surface area contributed by atoms with Gasteiger partial charge in [-0.1, -0.05) is 12.8 Å². The van der Waals surface area contributed by atoms with Gasteiger partial charge in [0.05, 0.1) is 6.61 Å². The Morgan fingerprint density at radius 2 is 2.07 bits per heavy atom. The van der Waals surface area contributed by atoms with Crippen LogP contribution >= 0.6 is 24.0 Å². The summed E-state index contributed by atoms with van der Waals surface area (Å²) in [7, 11) is 1.83. The Labute approximate surface area is 192 Å². The predicted molar refractivity (Wildman–Crippen MR) is 128 cm³/mol. The number of nitrogens with zero attached hydrogens (tertiary/aromatic N) is 2. The van der Waals surface area contributed by atoms with Crippen LogP contribution in [0, 0.1) is 11.3 Å². The largest absolute Gasteiger partial charge is 0.477 e. The molecule has 2 N–H and O–H groups in total. The van der Waals surface area contributed by atoms with Gasteiger partial charge in [-0.3, -0.25) is 4.99 Å². The first kappa shape index (κ1) is 24.2. The summed E-state index contributed by atoms with van der Waals surface area (Å²) in [6.45, 7) is 6.15. The van der Waals surface area contributed by atoms with Crippen molar-refractivity contribution in [3.63, 3.8) is 0 Å². The number of rotatable bonds is 11. The van der Waals surface area contributed by atoms with Crippen LogP contribution in [0.5, 0.6) is 5.88 Å². The number of halogens is 1. The topological polar surface area (TPSA) is 67.8 Å². The first-order valence-corrected chi connectivity index (χ1v) is 10.8. The maximum atomic E-state index is 5.78. The number of ether oxygens (including phenoxy) is 2.